The molecule has 0 aromatic carbocycles. The summed E-state index contributed by atoms with van der Waals surface area (Å²) in [6.07, 6.45) is 13.0. The summed E-state index contributed by atoms with van der Waals surface area (Å²) in [7, 11) is 0. The molecule has 0 radical (unpaired) electrons. The van der Waals surface area contributed by atoms with E-state index in [1.165, 1.54) is 32.1 Å². The summed E-state index contributed by atoms with van der Waals surface area (Å²) in [5.41, 5.74) is 0.706. The molecule has 3 nitrogen and oxygen atoms in total. The first-order valence-electron chi connectivity index (χ1n) is 7.23. The van der Waals surface area contributed by atoms with E-state index < -0.39 is 6.10 Å². The third kappa shape index (κ3) is 5.13. The highest BCUT2D eigenvalue weighted by atomic mass is 16.3. The number of rotatable bonds is 9. The summed E-state index contributed by atoms with van der Waals surface area (Å²) in [6, 6.07) is 0. The molecule has 1 aromatic heterocycles. The number of hydrogen-bond donors (Lipinski definition) is 1. The highest BCUT2D eigenvalue weighted by molar-refractivity contribution is 5.00. The standard InChI is InChI=1S/C15H26N2O/c1-3-5-6-7-8-9-13(4-2)15(18)14-12-16-10-11-17-14/h10-13,15,18H,3-9H2,1-2H3. The van der Waals surface area contributed by atoms with Gasteiger partial charge in [0.1, 0.15) is 6.10 Å². The molecular formula is C15H26N2O. The molecule has 0 amide bonds. The topological polar surface area (TPSA) is 46.0 Å². The van der Waals surface area contributed by atoms with Gasteiger partial charge >= 0.3 is 0 Å². The largest absolute Gasteiger partial charge is 0.386 e. The van der Waals surface area contributed by atoms with Gasteiger partial charge in [-0.2, -0.15) is 0 Å². The Balaban J connectivity index is 2.36. The molecule has 102 valence electrons. The first kappa shape index (κ1) is 15.1. The Hall–Kier alpha value is -0.960. The molecule has 0 aliphatic rings. The number of hydrogen-bond acceptors (Lipinski definition) is 3. The van der Waals surface area contributed by atoms with E-state index in [4.69, 9.17) is 0 Å². The van der Waals surface area contributed by atoms with Gasteiger partial charge in [0.25, 0.3) is 0 Å². The molecule has 1 aromatic rings. The second-order valence-electron chi connectivity index (χ2n) is 4.95. The third-order valence-electron chi connectivity index (χ3n) is 3.54. The number of unbranched alkanes of at least 4 members (excludes halogenated alkanes) is 4. The van der Waals surface area contributed by atoms with E-state index in [-0.39, 0.29) is 0 Å². The SMILES string of the molecule is CCCCCCCC(CC)C(O)c1cnccn1. The molecule has 2 atom stereocenters. The molecule has 2 unspecified atom stereocenters. The van der Waals surface area contributed by atoms with Gasteiger partial charge in [0.05, 0.1) is 11.9 Å². The summed E-state index contributed by atoms with van der Waals surface area (Å²) in [5.74, 6) is 0.309. The van der Waals surface area contributed by atoms with Gasteiger partial charge < -0.3 is 5.11 Å². The Morgan fingerprint density at radius 2 is 1.89 bits per heavy atom. The highest BCUT2D eigenvalue weighted by Gasteiger charge is 2.19. The van der Waals surface area contributed by atoms with Crippen LogP contribution in [0.5, 0.6) is 0 Å². The summed E-state index contributed by atoms with van der Waals surface area (Å²) in [6.45, 7) is 4.36. The van der Waals surface area contributed by atoms with Gasteiger partial charge in [-0.05, 0) is 12.3 Å². The van der Waals surface area contributed by atoms with Crippen LogP contribution in [-0.4, -0.2) is 15.1 Å². The van der Waals surface area contributed by atoms with Crippen molar-refractivity contribution in [2.24, 2.45) is 5.92 Å². The van der Waals surface area contributed by atoms with Crippen LogP contribution in [-0.2, 0) is 0 Å². The van der Waals surface area contributed by atoms with Gasteiger partial charge in [-0.1, -0.05) is 52.4 Å². The molecule has 0 saturated heterocycles. The molecule has 1 N–H and O–H groups in total. The van der Waals surface area contributed by atoms with E-state index >= 15 is 0 Å². The van der Waals surface area contributed by atoms with Crippen molar-refractivity contribution in [1.29, 1.82) is 0 Å². The average molecular weight is 250 g/mol. The number of aromatic nitrogens is 2. The molecule has 3 heteroatoms. The quantitative estimate of drug-likeness (QED) is 0.676. The smallest absolute Gasteiger partial charge is 0.100 e. The summed E-state index contributed by atoms with van der Waals surface area (Å²) in [4.78, 5) is 8.21. The predicted molar refractivity (Wildman–Crippen MR) is 74.1 cm³/mol. The summed E-state index contributed by atoms with van der Waals surface area (Å²) < 4.78 is 0. The van der Waals surface area contributed by atoms with Crippen LogP contribution >= 0.6 is 0 Å². The second kappa shape index (κ2) is 9.03. The molecular weight excluding hydrogens is 224 g/mol. The van der Waals surface area contributed by atoms with E-state index in [1.807, 2.05) is 0 Å². The van der Waals surface area contributed by atoms with E-state index in [1.54, 1.807) is 18.6 Å². The third-order valence-corrected chi connectivity index (χ3v) is 3.54. The van der Waals surface area contributed by atoms with Crippen LogP contribution < -0.4 is 0 Å². The van der Waals surface area contributed by atoms with Gasteiger partial charge in [-0.3, -0.25) is 9.97 Å². The first-order chi connectivity index (χ1) is 8.79. The van der Waals surface area contributed by atoms with Crippen LogP contribution in [0.2, 0.25) is 0 Å². The Morgan fingerprint density at radius 1 is 1.11 bits per heavy atom. The van der Waals surface area contributed by atoms with Crippen molar-refractivity contribution in [1.82, 2.24) is 9.97 Å². The fourth-order valence-electron chi connectivity index (χ4n) is 2.30. The van der Waals surface area contributed by atoms with Gasteiger partial charge in [0.15, 0.2) is 0 Å². The lowest BCUT2D eigenvalue weighted by Gasteiger charge is -2.20. The van der Waals surface area contributed by atoms with Crippen LogP contribution in [0.3, 0.4) is 0 Å². The number of aliphatic hydroxyl groups excluding tert-OH is 1. The minimum atomic E-state index is -0.463. The van der Waals surface area contributed by atoms with Crippen molar-refractivity contribution in [2.45, 2.75) is 64.9 Å². The van der Waals surface area contributed by atoms with Crippen molar-refractivity contribution in [3.05, 3.63) is 24.3 Å². The van der Waals surface area contributed by atoms with Crippen LogP contribution in [0.15, 0.2) is 18.6 Å². The second-order valence-corrected chi connectivity index (χ2v) is 4.95. The van der Waals surface area contributed by atoms with Crippen molar-refractivity contribution in [3.8, 4) is 0 Å². The molecule has 0 fully saturated rings. The Kier molecular flexibility index (Phi) is 7.58. The molecule has 1 heterocycles. The Bertz CT molecular complexity index is 303. The van der Waals surface area contributed by atoms with E-state index in [0.29, 0.717) is 11.6 Å². The van der Waals surface area contributed by atoms with E-state index in [2.05, 4.69) is 23.8 Å². The number of nitrogens with zero attached hydrogens (tertiary/aromatic N) is 2. The van der Waals surface area contributed by atoms with Crippen molar-refractivity contribution in [3.63, 3.8) is 0 Å². The molecule has 0 aliphatic heterocycles. The van der Waals surface area contributed by atoms with Gasteiger partial charge in [-0.15, -0.1) is 0 Å². The normalized spacial score (nSPS) is 14.4. The minimum absolute atomic E-state index is 0.309. The summed E-state index contributed by atoms with van der Waals surface area (Å²) >= 11 is 0. The van der Waals surface area contributed by atoms with Crippen molar-refractivity contribution < 1.29 is 5.11 Å². The van der Waals surface area contributed by atoms with Crippen LogP contribution in [0, 0.1) is 5.92 Å². The Morgan fingerprint density at radius 3 is 2.50 bits per heavy atom. The minimum Gasteiger partial charge on any atom is -0.386 e. The molecule has 0 bridgehead atoms. The van der Waals surface area contributed by atoms with Crippen LogP contribution in [0.1, 0.15) is 70.6 Å². The fraction of sp³-hybridized carbons (Fsp3) is 0.733. The van der Waals surface area contributed by atoms with Crippen molar-refractivity contribution >= 4 is 0 Å². The maximum atomic E-state index is 10.3. The monoisotopic (exact) mass is 250 g/mol. The zero-order valence-corrected chi connectivity index (χ0v) is 11.7. The summed E-state index contributed by atoms with van der Waals surface area (Å²) in [5, 5.41) is 10.3. The molecule has 1 rings (SSSR count). The lowest BCUT2D eigenvalue weighted by atomic mass is 9.91. The molecule has 18 heavy (non-hydrogen) atoms. The van der Waals surface area contributed by atoms with Crippen LogP contribution in [0.25, 0.3) is 0 Å². The fourth-order valence-corrected chi connectivity index (χ4v) is 2.30. The lowest BCUT2D eigenvalue weighted by molar-refractivity contribution is 0.0942. The molecule has 0 spiro atoms. The van der Waals surface area contributed by atoms with Gasteiger partial charge in [0, 0.05) is 12.4 Å². The zero-order valence-electron chi connectivity index (χ0n) is 11.7. The predicted octanol–water partition coefficient (Wildman–Crippen LogP) is 3.90. The van der Waals surface area contributed by atoms with Crippen molar-refractivity contribution in [2.75, 3.05) is 0 Å². The van der Waals surface area contributed by atoms with E-state index in [0.717, 1.165) is 12.8 Å². The van der Waals surface area contributed by atoms with Gasteiger partial charge in [-0.25, -0.2) is 0 Å². The maximum absolute atomic E-state index is 10.3. The molecule has 0 aliphatic carbocycles. The maximum Gasteiger partial charge on any atom is 0.100 e. The zero-order chi connectivity index (χ0) is 13.2. The Labute approximate surface area is 111 Å². The average Bonchev–Trinajstić information content (AvgIpc) is 2.43. The van der Waals surface area contributed by atoms with E-state index in [9.17, 15) is 5.11 Å². The molecule has 0 saturated carbocycles. The highest BCUT2D eigenvalue weighted by Crippen LogP contribution is 2.27. The number of aliphatic hydroxyl groups is 1. The lowest BCUT2D eigenvalue weighted by Crippen LogP contribution is -2.13. The van der Waals surface area contributed by atoms with Crippen LogP contribution in [0.4, 0.5) is 0 Å². The van der Waals surface area contributed by atoms with Gasteiger partial charge in [0.2, 0.25) is 0 Å². The first-order valence-corrected chi connectivity index (χ1v) is 7.23.